The molecule has 1 fully saturated rings. The fraction of sp³-hybridized carbons (Fsp3) is 0.500. The molecule has 104 valence electrons. The Hall–Kier alpha value is -1.20. The zero-order valence-electron chi connectivity index (χ0n) is 11.0. The summed E-state index contributed by atoms with van der Waals surface area (Å²) in [7, 11) is 0. The van der Waals surface area contributed by atoms with E-state index in [1.807, 2.05) is 11.8 Å². The minimum Gasteiger partial charge on any atom is -0.491 e. The summed E-state index contributed by atoms with van der Waals surface area (Å²) in [4.78, 5) is 13.4. The van der Waals surface area contributed by atoms with E-state index in [2.05, 4.69) is 11.8 Å². The van der Waals surface area contributed by atoms with Gasteiger partial charge in [-0.3, -0.25) is 4.90 Å². The molecule has 1 unspecified atom stereocenters. The molecular weight excluding hydrogens is 262 g/mol. The van der Waals surface area contributed by atoms with Crippen molar-refractivity contribution in [3.63, 3.8) is 0 Å². The highest BCUT2D eigenvalue weighted by atomic mass is 32.2. The Balaban J connectivity index is 1.84. The number of aromatic carboxylic acids is 1. The molecule has 1 aromatic carbocycles. The summed E-state index contributed by atoms with van der Waals surface area (Å²) >= 11 is 2.00. The van der Waals surface area contributed by atoms with Crippen LogP contribution < -0.4 is 4.74 Å². The molecule has 1 aliphatic rings. The van der Waals surface area contributed by atoms with Crippen LogP contribution in [0.4, 0.5) is 0 Å². The Kier molecular flexibility index (Phi) is 5.10. The molecule has 0 spiro atoms. The van der Waals surface area contributed by atoms with Crippen LogP contribution in [0.3, 0.4) is 0 Å². The summed E-state index contributed by atoms with van der Waals surface area (Å²) < 4.78 is 5.61. The summed E-state index contributed by atoms with van der Waals surface area (Å²) in [6.07, 6.45) is 0. The van der Waals surface area contributed by atoms with Gasteiger partial charge in [-0.2, -0.15) is 11.8 Å². The number of carboxylic acid groups (broad SMARTS) is 1. The van der Waals surface area contributed by atoms with Gasteiger partial charge in [0.15, 0.2) is 0 Å². The molecule has 2 rings (SSSR count). The maximum absolute atomic E-state index is 11.0. The van der Waals surface area contributed by atoms with E-state index in [9.17, 15) is 4.79 Å². The van der Waals surface area contributed by atoms with Gasteiger partial charge in [-0.15, -0.1) is 0 Å². The van der Waals surface area contributed by atoms with Crippen LogP contribution in [-0.2, 0) is 0 Å². The molecule has 1 saturated heterocycles. The Morgan fingerprint density at radius 2 is 2.32 bits per heavy atom. The third-order valence-corrected chi connectivity index (χ3v) is 4.24. The summed E-state index contributed by atoms with van der Waals surface area (Å²) in [6.45, 7) is 5.77. The van der Waals surface area contributed by atoms with Crippen LogP contribution in [0.5, 0.6) is 5.75 Å². The van der Waals surface area contributed by atoms with Gasteiger partial charge < -0.3 is 9.84 Å². The molecule has 0 aliphatic carbocycles. The van der Waals surface area contributed by atoms with E-state index < -0.39 is 5.97 Å². The predicted molar refractivity (Wildman–Crippen MR) is 77.3 cm³/mol. The first-order chi connectivity index (χ1) is 9.16. The first-order valence-corrected chi connectivity index (χ1v) is 7.51. The molecule has 1 heterocycles. The average molecular weight is 281 g/mol. The van der Waals surface area contributed by atoms with Crippen molar-refractivity contribution in [1.82, 2.24) is 4.90 Å². The zero-order valence-corrected chi connectivity index (χ0v) is 11.9. The molecule has 5 heteroatoms. The van der Waals surface area contributed by atoms with Crippen LogP contribution >= 0.6 is 11.8 Å². The zero-order chi connectivity index (χ0) is 13.7. The van der Waals surface area contributed by atoms with Gasteiger partial charge in [0.25, 0.3) is 0 Å². The van der Waals surface area contributed by atoms with Gasteiger partial charge in [-0.05, 0) is 12.1 Å². The lowest BCUT2D eigenvalue weighted by atomic mass is 10.2. The summed E-state index contributed by atoms with van der Waals surface area (Å²) in [5, 5.41) is 9.72. The number of hydrogen-bond donors (Lipinski definition) is 1. The van der Waals surface area contributed by atoms with E-state index in [4.69, 9.17) is 9.84 Å². The van der Waals surface area contributed by atoms with Crippen LogP contribution in [0.25, 0.3) is 0 Å². The Bertz CT molecular complexity index is 438. The second kappa shape index (κ2) is 6.82. The number of ether oxygens (including phenoxy) is 1. The molecule has 0 saturated carbocycles. The van der Waals surface area contributed by atoms with Crippen LogP contribution in [0.2, 0.25) is 0 Å². The number of nitrogens with zero attached hydrogens (tertiary/aromatic N) is 1. The standard InChI is InChI=1S/C14H19NO3S/c1-11-10-15(7-9-19-11)6-8-18-13-5-3-2-4-12(13)14(16)17/h2-5,11H,6-10H2,1H3,(H,16,17). The number of carbonyl (C=O) groups is 1. The first kappa shape index (κ1) is 14.2. The molecular formula is C14H19NO3S. The lowest BCUT2D eigenvalue weighted by Gasteiger charge is -2.30. The third kappa shape index (κ3) is 4.14. The molecule has 0 radical (unpaired) electrons. The van der Waals surface area contributed by atoms with Crippen LogP contribution in [0.15, 0.2) is 24.3 Å². The van der Waals surface area contributed by atoms with Crippen LogP contribution in [0, 0.1) is 0 Å². The second-order valence-electron chi connectivity index (χ2n) is 4.63. The third-order valence-electron chi connectivity index (χ3n) is 3.11. The lowest BCUT2D eigenvalue weighted by Crippen LogP contribution is -2.39. The number of carboxylic acids is 1. The van der Waals surface area contributed by atoms with E-state index >= 15 is 0 Å². The number of para-hydroxylation sites is 1. The fourth-order valence-corrected chi connectivity index (χ4v) is 3.23. The Morgan fingerprint density at radius 1 is 1.53 bits per heavy atom. The van der Waals surface area contributed by atoms with Crippen molar-refractivity contribution in [2.24, 2.45) is 0 Å². The van der Waals surface area contributed by atoms with Gasteiger partial charge in [-0.25, -0.2) is 4.79 Å². The summed E-state index contributed by atoms with van der Waals surface area (Å²) in [5.41, 5.74) is 0.227. The maximum atomic E-state index is 11.0. The largest absolute Gasteiger partial charge is 0.491 e. The average Bonchev–Trinajstić information content (AvgIpc) is 2.39. The molecule has 1 N–H and O–H groups in total. The lowest BCUT2D eigenvalue weighted by molar-refractivity contribution is 0.0691. The molecule has 1 aliphatic heterocycles. The van der Waals surface area contributed by atoms with E-state index in [0.717, 1.165) is 25.4 Å². The minimum atomic E-state index is -0.946. The molecule has 19 heavy (non-hydrogen) atoms. The van der Waals surface area contributed by atoms with Gasteiger partial charge >= 0.3 is 5.97 Å². The normalized spacial score (nSPS) is 20.2. The molecule has 4 nitrogen and oxygen atoms in total. The SMILES string of the molecule is CC1CN(CCOc2ccccc2C(=O)O)CCS1. The Labute approximate surface area is 117 Å². The van der Waals surface area contributed by atoms with E-state index in [1.165, 1.54) is 0 Å². The molecule has 1 atom stereocenters. The van der Waals surface area contributed by atoms with Crippen molar-refractivity contribution < 1.29 is 14.6 Å². The number of benzene rings is 1. The van der Waals surface area contributed by atoms with Gasteiger partial charge in [0.05, 0.1) is 0 Å². The smallest absolute Gasteiger partial charge is 0.339 e. The van der Waals surface area contributed by atoms with Crippen molar-refractivity contribution in [3.8, 4) is 5.75 Å². The highest BCUT2D eigenvalue weighted by molar-refractivity contribution is 7.99. The van der Waals surface area contributed by atoms with Crippen molar-refractivity contribution in [2.75, 3.05) is 32.0 Å². The van der Waals surface area contributed by atoms with E-state index in [0.29, 0.717) is 17.6 Å². The summed E-state index contributed by atoms with van der Waals surface area (Å²) in [5.74, 6) is 0.667. The number of hydrogen-bond acceptors (Lipinski definition) is 4. The van der Waals surface area contributed by atoms with Gasteiger partial charge in [0, 0.05) is 30.6 Å². The van der Waals surface area contributed by atoms with Crippen molar-refractivity contribution in [2.45, 2.75) is 12.2 Å². The topological polar surface area (TPSA) is 49.8 Å². The maximum Gasteiger partial charge on any atom is 0.339 e. The predicted octanol–water partition coefficient (Wildman–Crippen LogP) is 2.20. The first-order valence-electron chi connectivity index (χ1n) is 6.46. The highest BCUT2D eigenvalue weighted by Crippen LogP contribution is 2.19. The van der Waals surface area contributed by atoms with Crippen molar-refractivity contribution >= 4 is 17.7 Å². The Morgan fingerprint density at radius 3 is 3.05 bits per heavy atom. The fourth-order valence-electron chi connectivity index (χ4n) is 2.15. The van der Waals surface area contributed by atoms with E-state index in [-0.39, 0.29) is 5.56 Å². The quantitative estimate of drug-likeness (QED) is 0.896. The van der Waals surface area contributed by atoms with Crippen LogP contribution in [-0.4, -0.2) is 53.2 Å². The van der Waals surface area contributed by atoms with Crippen LogP contribution in [0.1, 0.15) is 17.3 Å². The van der Waals surface area contributed by atoms with Gasteiger partial charge in [0.2, 0.25) is 0 Å². The molecule has 1 aromatic rings. The van der Waals surface area contributed by atoms with Gasteiger partial charge in [-0.1, -0.05) is 19.1 Å². The molecule has 0 aromatic heterocycles. The van der Waals surface area contributed by atoms with Crippen molar-refractivity contribution in [3.05, 3.63) is 29.8 Å². The van der Waals surface area contributed by atoms with Gasteiger partial charge in [0.1, 0.15) is 17.9 Å². The van der Waals surface area contributed by atoms with Crippen molar-refractivity contribution in [1.29, 1.82) is 0 Å². The minimum absolute atomic E-state index is 0.227. The van der Waals surface area contributed by atoms with E-state index in [1.54, 1.807) is 24.3 Å². The number of rotatable bonds is 5. The number of thioether (sulfide) groups is 1. The summed E-state index contributed by atoms with van der Waals surface area (Å²) in [6, 6.07) is 6.77. The molecule has 0 bridgehead atoms. The second-order valence-corrected chi connectivity index (χ2v) is 6.18. The monoisotopic (exact) mass is 281 g/mol. The molecule has 0 amide bonds. The highest BCUT2D eigenvalue weighted by Gasteiger charge is 2.16.